The van der Waals surface area contributed by atoms with Gasteiger partial charge in [0.05, 0.1) is 0 Å². The van der Waals surface area contributed by atoms with Crippen molar-refractivity contribution >= 4 is 35.0 Å². The van der Waals surface area contributed by atoms with Crippen molar-refractivity contribution < 1.29 is 14.7 Å². The molecule has 0 aliphatic carbocycles. The third kappa shape index (κ3) is 2.70. The largest absolute Gasteiger partial charge is 0.480 e. The van der Waals surface area contributed by atoms with E-state index < -0.39 is 5.97 Å². The first-order valence-electron chi connectivity index (χ1n) is 5.82. The molecule has 18 heavy (non-hydrogen) atoms. The number of rotatable bonds is 4. The minimum absolute atomic E-state index is 0.0794. The number of aliphatic carboxylic acids is 1. The van der Waals surface area contributed by atoms with Gasteiger partial charge in [0.1, 0.15) is 11.8 Å². The third-order valence-corrected chi connectivity index (χ3v) is 5.15. The van der Waals surface area contributed by atoms with Crippen molar-refractivity contribution in [1.29, 1.82) is 0 Å². The Kier molecular flexibility index (Phi) is 4.29. The normalized spacial score (nSPS) is 18.2. The second-order valence-electron chi connectivity index (χ2n) is 4.05. The van der Waals surface area contributed by atoms with E-state index in [-0.39, 0.29) is 17.7 Å². The standard InChI is InChI=1S/C12H15NO3S2/c1-2-13(7-10(14)15)12(16)11-8-3-5-17-9(8)4-6-18-11/h3,5,11H,2,4,6-7H2,1H3,(H,14,15). The molecule has 0 saturated carbocycles. The Morgan fingerprint density at radius 3 is 3.00 bits per heavy atom. The zero-order chi connectivity index (χ0) is 13.1. The summed E-state index contributed by atoms with van der Waals surface area (Å²) in [5.74, 6) is -0.116. The third-order valence-electron chi connectivity index (χ3n) is 2.92. The molecule has 1 unspecified atom stereocenters. The first-order chi connectivity index (χ1) is 8.63. The zero-order valence-corrected chi connectivity index (χ0v) is 11.7. The number of carbonyl (C=O) groups is 2. The van der Waals surface area contributed by atoms with Gasteiger partial charge in [0.2, 0.25) is 5.91 Å². The van der Waals surface area contributed by atoms with Gasteiger partial charge in [0.25, 0.3) is 0 Å². The molecule has 98 valence electrons. The van der Waals surface area contributed by atoms with Crippen molar-refractivity contribution in [1.82, 2.24) is 4.90 Å². The Labute approximate surface area is 114 Å². The number of fused-ring (bicyclic) bond motifs is 1. The quantitative estimate of drug-likeness (QED) is 0.919. The van der Waals surface area contributed by atoms with Gasteiger partial charge in [-0.1, -0.05) is 0 Å². The Bertz CT molecular complexity index is 458. The molecule has 0 bridgehead atoms. The maximum absolute atomic E-state index is 12.4. The van der Waals surface area contributed by atoms with Crippen molar-refractivity contribution in [3.05, 3.63) is 21.9 Å². The first kappa shape index (κ1) is 13.4. The predicted molar refractivity (Wildman–Crippen MR) is 73.1 cm³/mol. The molecule has 4 nitrogen and oxygen atoms in total. The summed E-state index contributed by atoms with van der Waals surface area (Å²) in [5, 5.41) is 10.6. The lowest BCUT2D eigenvalue weighted by Crippen LogP contribution is -2.38. The molecule has 2 heterocycles. The number of thiophene rings is 1. The summed E-state index contributed by atoms with van der Waals surface area (Å²) in [6.07, 6.45) is 1.01. The van der Waals surface area contributed by atoms with Crippen molar-refractivity contribution in [2.75, 3.05) is 18.8 Å². The van der Waals surface area contributed by atoms with Crippen LogP contribution in [0.3, 0.4) is 0 Å². The summed E-state index contributed by atoms with van der Waals surface area (Å²) < 4.78 is 0. The highest BCUT2D eigenvalue weighted by Gasteiger charge is 2.31. The zero-order valence-electron chi connectivity index (χ0n) is 10.1. The average Bonchev–Trinajstić information content (AvgIpc) is 2.82. The summed E-state index contributed by atoms with van der Waals surface area (Å²) in [6.45, 7) is 2.02. The lowest BCUT2D eigenvalue weighted by Gasteiger charge is -2.27. The predicted octanol–water partition coefficient (Wildman–Crippen LogP) is 2.01. The molecule has 6 heteroatoms. The van der Waals surface area contributed by atoms with Crippen LogP contribution in [-0.2, 0) is 16.0 Å². The molecule has 1 aromatic heterocycles. The van der Waals surface area contributed by atoms with Gasteiger partial charge in [-0.15, -0.1) is 23.1 Å². The molecule has 0 aromatic carbocycles. The second-order valence-corrected chi connectivity index (χ2v) is 6.26. The Balaban J connectivity index is 2.17. The number of nitrogens with zero attached hydrogens (tertiary/aromatic N) is 1. The Hall–Kier alpha value is -1.01. The lowest BCUT2D eigenvalue weighted by molar-refractivity contribution is -0.144. The van der Waals surface area contributed by atoms with Gasteiger partial charge in [-0.25, -0.2) is 0 Å². The van der Waals surface area contributed by atoms with E-state index in [1.807, 2.05) is 18.4 Å². The molecule has 0 saturated heterocycles. The SMILES string of the molecule is CCN(CC(=O)O)C(=O)C1SCCc2sccc21. The molecule has 0 fully saturated rings. The van der Waals surface area contributed by atoms with E-state index in [0.717, 1.165) is 17.7 Å². The van der Waals surface area contributed by atoms with Gasteiger partial charge in [-0.05, 0) is 36.1 Å². The van der Waals surface area contributed by atoms with Crippen LogP contribution < -0.4 is 0 Å². The number of carbonyl (C=O) groups excluding carboxylic acids is 1. The molecule has 0 spiro atoms. The minimum Gasteiger partial charge on any atom is -0.480 e. The Morgan fingerprint density at radius 2 is 2.33 bits per heavy atom. The summed E-state index contributed by atoms with van der Waals surface area (Å²) in [7, 11) is 0. The van der Waals surface area contributed by atoms with Gasteiger partial charge in [-0.2, -0.15) is 0 Å². The topological polar surface area (TPSA) is 57.6 Å². The molecule has 1 aliphatic rings. The average molecular weight is 285 g/mol. The van der Waals surface area contributed by atoms with E-state index in [0.29, 0.717) is 6.54 Å². The van der Waals surface area contributed by atoms with E-state index in [2.05, 4.69) is 0 Å². The highest BCUT2D eigenvalue weighted by molar-refractivity contribution is 8.00. The monoisotopic (exact) mass is 285 g/mol. The van der Waals surface area contributed by atoms with Gasteiger partial charge < -0.3 is 10.0 Å². The van der Waals surface area contributed by atoms with Crippen molar-refractivity contribution in [2.45, 2.75) is 18.6 Å². The molecule has 2 rings (SSSR count). The second kappa shape index (κ2) is 5.75. The summed E-state index contributed by atoms with van der Waals surface area (Å²) in [4.78, 5) is 25.8. The van der Waals surface area contributed by atoms with Gasteiger partial charge in [0, 0.05) is 11.4 Å². The van der Waals surface area contributed by atoms with Gasteiger partial charge in [0.15, 0.2) is 0 Å². The maximum atomic E-state index is 12.4. The van der Waals surface area contributed by atoms with Crippen molar-refractivity contribution in [2.24, 2.45) is 0 Å². The smallest absolute Gasteiger partial charge is 0.323 e. The highest BCUT2D eigenvalue weighted by Crippen LogP contribution is 2.40. The van der Waals surface area contributed by atoms with Crippen LogP contribution in [0.4, 0.5) is 0 Å². The number of aryl methyl sites for hydroxylation is 1. The van der Waals surface area contributed by atoms with E-state index >= 15 is 0 Å². The fourth-order valence-corrected chi connectivity index (χ4v) is 4.40. The molecule has 0 radical (unpaired) electrons. The molecular formula is C12H15NO3S2. The first-order valence-corrected chi connectivity index (χ1v) is 7.74. The molecule has 1 aromatic rings. The highest BCUT2D eigenvalue weighted by atomic mass is 32.2. The van der Waals surface area contributed by atoms with Crippen molar-refractivity contribution in [3.63, 3.8) is 0 Å². The lowest BCUT2D eigenvalue weighted by atomic mass is 10.1. The number of hydrogen-bond donors (Lipinski definition) is 1. The number of likely N-dealkylation sites (N-methyl/N-ethyl adjacent to an activating group) is 1. The van der Waals surface area contributed by atoms with E-state index in [9.17, 15) is 9.59 Å². The fraction of sp³-hybridized carbons (Fsp3) is 0.500. The number of amides is 1. The van der Waals surface area contributed by atoms with Crippen LogP contribution in [0, 0.1) is 0 Å². The molecule has 1 aliphatic heterocycles. The molecule has 1 amide bonds. The minimum atomic E-state index is -0.962. The van der Waals surface area contributed by atoms with Crippen molar-refractivity contribution in [3.8, 4) is 0 Å². The molecule has 1 atom stereocenters. The van der Waals surface area contributed by atoms with Gasteiger partial charge >= 0.3 is 5.97 Å². The number of thioether (sulfide) groups is 1. The van der Waals surface area contributed by atoms with Crippen LogP contribution in [0.2, 0.25) is 0 Å². The number of hydrogen-bond acceptors (Lipinski definition) is 4. The van der Waals surface area contributed by atoms with Crippen LogP contribution in [0.5, 0.6) is 0 Å². The van der Waals surface area contributed by atoms with Crippen LogP contribution in [-0.4, -0.2) is 40.7 Å². The number of carboxylic acids is 1. The maximum Gasteiger partial charge on any atom is 0.323 e. The summed E-state index contributed by atoms with van der Waals surface area (Å²) in [5.41, 5.74) is 1.07. The number of carboxylic acid groups (broad SMARTS) is 1. The fourth-order valence-electron chi connectivity index (χ4n) is 2.03. The van der Waals surface area contributed by atoms with Crippen LogP contribution in [0.1, 0.15) is 22.6 Å². The van der Waals surface area contributed by atoms with E-state index in [1.165, 1.54) is 9.78 Å². The van der Waals surface area contributed by atoms with E-state index in [4.69, 9.17) is 5.11 Å². The van der Waals surface area contributed by atoms with Gasteiger partial charge in [-0.3, -0.25) is 9.59 Å². The van der Waals surface area contributed by atoms with Crippen LogP contribution in [0.25, 0.3) is 0 Å². The molecular weight excluding hydrogens is 270 g/mol. The summed E-state index contributed by atoms with van der Waals surface area (Å²) >= 11 is 3.29. The van der Waals surface area contributed by atoms with Crippen LogP contribution >= 0.6 is 23.1 Å². The molecule has 1 N–H and O–H groups in total. The Morgan fingerprint density at radius 1 is 1.56 bits per heavy atom. The van der Waals surface area contributed by atoms with E-state index in [1.54, 1.807) is 23.1 Å². The summed E-state index contributed by atoms with van der Waals surface area (Å²) in [6, 6.07) is 1.99. The van der Waals surface area contributed by atoms with Crippen LogP contribution in [0.15, 0.2) is 11.4 Å².